The van der Waals surface area contributed by atoms with E-state index in [0.717, 1.165) is 0 Å². The minimum Gasteiger partial charge on any atom is -0.311 e. The van der Waals surface area contributed by atoms with E-state index in [0.29, 0.717) is 0 Å². The summed E-state index contributed by atoms with van der Waals surface area (Å²) in [6, 6.07) is 98.3. The van der Waals surface area contributed by atoms with Gasteiger partial charge >= 0.3 is 0 Å². The van der Waals surface area contributed by atoms with Crippen molar-refractivity contribution in [2.75, 3.05) is 9.80 Å². The predicted octanol–water partition coefficient (Wildman–Crippen LogP) is 9.41. The Bertz CT molecular complexity index is 3740. The van der Waals surface area contributed by atoms with Crippen LogP contribution in [0.4, 0.5) is 34.1 Å². The predicted molar refractivity (Wildman–Crippen MR) is 320 cm³/mol. The van der Waals surface area contributed by atoms with Crippen molar-refractivity contribution in [3.05, 3.63) is 271 Å². The molecule has 4 heterocycles. The first kappa shape index (κ1) is 43.1. The Morgan fingerprint density at radius 1 is 0.284 bits per heavy atom. The van der Waals surface area contributed by atoms with Crippen LogP contribution < -0.4 is 67.7 Å². The fraction of sp³-hybridized carbons (Fsp3) is 0.0435. The van der Waals surface area contributed by atoms with Gasteiger partial charge in [-0.2, -0.15) is 0 Å². The second-order valence-electron chi connectivity index (χ2n) is 21.0. The molecule has 0 radical (unpaired) electrons. The fourth-order valence-electron chi connectivity index (χ4n) is 14.0. The molecule has 0 spiro atoms. The number of hydrogen-bond acceptors (Lipinski definition) is 2. The molecule has 5 heteroatoms. The molecule has 0 unspecified atom stereocenters. The lowest BCUT2D eigenvalue weighted by molar-refractivity contribution is 1.23. The third kappa shape index (κ3) is 5.88. The third-order valence-electron chi connectivity index (χ3n) is 16.9. The summed E-state index contributed by atoms with van der Waals surface area (Å²) >= 11 is 0. The molecule has 0 saturated carbocycles. The molecule has 2 nitrogen and oxygen atoms in total. The van der Waals surface area contributed by atoms with E-state index in [4.69, 9.17) is 0 Å². The van der Waals surface area contributed by atoms with Crippen molar-refractivity contribution in [3.8, 4) is 22.3 Å². The normalized spacial score (nSPS) is 14.6. The lowest BCUT2D eigenvalue weighted by Crippen LogP contribution is -2.72. The molecule has 4 aliphatic rings. The minimum absolute atomic E-state index is 0.0286. The van der Waals surface area contributed by atoms with Crippen LogP contribution in [0.3, 0.4) is 0 Å². The molecule has 0 aromatic heterocycles. The van der Waals surface area contributed by atoms with Crippen LogP contribution in [0.15, 0.2) is 255 Å². The molecule has 15 rings (SSSR count). The Hall–Kier alpha value is -8.48. The van der Waals surface area contributed by atoms with Gasteiger partial charge in [-0.15, -0.1) is 0 Å². The maximum absolute atomic E-state index is 2.78. The molecule has 0 N–H and O–H groups in total. The zero-order valence-corrected chi connectivity index (χ0v) is 43.7. The lowest BCUT2D eigenvalue weighted by Gasteiger charge is -2.45. The van der Waals surface area contributed by atoms with E-state index in [9.17, 15) is 0 Å². The van der Waals surface area contributed by atoms with Crippen molar-refractivity contribution in [2.24, 2.45) is 0 Å². The molecule has 0 amide bonds. The Labute approximate surface area is 436 Å². The third-order valence-corrected chi connectivity index (χ3v) is 26.7. The second kappa shape index (κ2) is 16.3. The molecule has 11 aromatic rings. The average Bonchev–Trinajstić information content (AvgIpc) is 3.95. The average molecular weight is 975 g/mol. The highest BCUT2D eigenvalue weighted by Gasteiger charge is 2.51. The minimum atomic E-state index is -2.78. The van der Waals surface area contributed by atoms with Crippen molar-refractivity contribution in [1.82, 2.24) is 0 Å². The Kier molecular flexibility index (Phi) is 9.48. The van der Waals surface area contributed by atoms with Gasteiger partial charge in [-0.1, -0.05) is 206 Å². The molecule has 0 fully saturated rings. The summed E-state index contributed by atoms with van der Waals surface area (Å²) < 4.78 is 0. The van der Waals surface area contributed by atoms with Crippen molar-refractivity contribution >= 4 is 115 Å². The molecule has 11 aromatic carbocycles. The van der Waals surface area contributed by atoms with Gasteiger partial charge in [0.2, 0.25) is 0 Å². The molecule has 0 saturated heterocycles. The molecular formula is C69H51BN2Si2. The number of rotatable bonds is 6. The summed E-state index contributed by atoms with van der Waals surface area (Å²) in [6.07, 6.45) is 0. The van der Waals surface area contributed by atoms with Crippen molar-refractivity contribution in [3.63, 3.8) is 0 Å². The summed E-state index contributed by atoms with van der Waals surface area (Å²) in [5, 5.41) is 11.4. The number of hydrogen-bond donors (Lipinski definition) is 0. The van der Waals surface area contributed by atoms with Crippen LogP contribution in [0.1, 0.15) is 16.7 Å². The first-order valence-corrected chi connectivity index (χ1v) is 30.1. The molecule has 0 atom stereocenters. The van der Waals surface area contributed by atoms with E-state index >= 15 is 0 Å². The largest absolute Gasteiger partial charge is 0.311 e. The molecular weight excluding hydrogens is 924 g/mol. The number of fused-ring (bicyclic) bond motifs is 10. The Balaban J connectivity index is 0.991. The van der Waals surface area contributed by atoms with Crippen LogP contribution in [0, 0.1) is 20.8 Å². The summed E-state index contributed by atoms with van der Waals surface area (Å²) in [7, 11) is -5.56. The quantitative estimate of drug-likeness (QED) is 0.154. The topological polar surface area (TPSA) is 6.48 Å². The van der Waals surface area contributed by atoms with Gasteiger partial charge in [-0.3, -0.25) is 0 Å². The van der Waals surface area contributed by atoms with E-state index in [-0.39, 0.29) is 6.71 Å². The van der Waals surface area contributed by atoms with Gasteiger partial charge in [0.05, 0.1) is 0 Å². The van der Waals surface area contributed by atoms with Gasteiger partial charge in [0.1, 0.15) is 0 Å². The van der Waals surface area contributed by atoms with Gasteiger partial charge in [0.25, 0.3) is 6.71 Å². The lowest BCUT2D eigenvalue weighted by atomic mass is 9.33. The highest BCUT2D eigenvalue weighted by atomic mass is 28.3. The Morgan fingerprint density at radius 2 is 0.622 bits per heavy atom. The summed E-state index contributed by atoms with van der Waals surface area (Å²) in [6.45, 7) is 6.82. The Morgan fingerprint density at radius 3 is 1.01 bits per heavy atom. The van der Waals surface area contributed by atoms with Crippen molar-refractivity contribution < 1.29 is 0 Å². The zero-order valence-electron chi connectivity index (χ0n) is 41.7. The van der Waals surface area contributed by atoms with Gasteiger partial charge in [0, 0.05) is 34.1 Å². The van der Waals surface area contributed by atoms with Crippen LogP contribution >= 0.6 is 0 Å². The summed E-state index contributed by atoms with van der Waals surface area (Å²) in [5.74, 6) is 0. The highest BCUT2D eigenvalue weighted by molar-refractivity contribution is 7.23. The maximum Gasteiger partial charge on any atom is 0.252 e. The second-order valence-corrected chi connectivity index (χ2v) is 28.4. The van der Waals surface area contributed by atoms with Crippen LogP contribution in [-0.4, -0.2) is 22.9 Å². The zero-order chi connectivity index (χ0) is 49.3. The van der Waals surface area contributed by atoms with E-state index < -0.39 is 16.1 Å². The maximum atomic E-state index is 2.63. The van der Waals surface area contributed by atoms with Crippen molar-refractivity contribution in [1.29, 1.82) is 0 Å². The molecule has 348 valence electrons. The van der Waals surface area contributed by atoms with Gasteiger partial charge in [-0.25, -0.2) is 0 Å². The van der Waals surface area contributed by atoms with Crippen LogP contribution in [0.25, 0.3) is 22.3 Å². The standard InChI is InChI=1S/C69H51BN2Si2/c1-46-32-38-59-61(40-46)71(49-34-36-57-55-28-16-18-30-65(55)73(67(57)44-49,51-20-8-4-9-21-51)52-22-10-5-11-23-52)63-42-48(3)43-64-69(63)70(59)60-39-33-47(2)41-62(60)72(64)50-35-37-58-56-29-17-19-31-66(56)74(68(58)45-50,53-24-12-6-13-25-53)54-26-14-7-15-27-54/h4-45H,1-3H3. The monoisotopic (exact) mass is 974 g/mol. The summed E-state index contributed by atoms with van der Waals surface area (Å²) in [5.41, 5.74) is 20.5. The SMILES string of the molecule is Cc1ccc2c(c1)N(c1ccc3c(c1)[Si](c1ccccc1)(c1ccccc1)c1ccccc1-3)c1cc(C)cc3c1B2c1ccc(C)cc1N3c1ccc2c(c1)[Si](c1ccccc1)(c1ccccc1)c1ccccc1-2. The number of nitrogens with zero attached hydrogens (tertiary/aromatic N) is 2. The van der Waals surface area contributed by atoms with Gasteiger partial charge in [-0.05, 0) is 166 Å². The molecule has 74 heavy (non-hydrogen) atoms. The highest BCUT2D eigenvalue weighted by Crippen LogP contribution is 2.46. The van der Waals surface area contributed by atoms with Crippen molar-refractivity contribution in [2.45, 2.75) is 20.8 Å². The number of aryl methyl sites for hydroxylation is 3. The smallest absolute Gasteiger partial charge is 0.252 e. The summed E-state index contributed by atoms with van der Waals surface area (Å²) in [4.78, 5) is 5.26. The molecule has 4 aliphatic heterocycles. The van der Waals surface area contributed by atoms with Crippen LogP contribution in [-0.2, 0) is 0 Å². The van der Waals surface area contributed by atoms with Gasteiger partial charge < -0.3 is 9.80 Å². The van der Waals surface area contributed by atoms with E-state index in [1.54, 1.807) is 0 Å². The van der Waals surface area contributed by atoms with Gasteiger partial charge in [0.15, 0.2) is 16.1 Å². The van der Waals surface area contributed by atoms with Crippen LogP contribution in [0.2, 0.25) is 0 Å². The fourth-order valence-corrected chi connectivity index (χ4v) is 24.5. The first-order chi connectivity index (χ1) is 36.4. The van der Waals surface area contributed by atoms with E-state index in [1.807, 2.05) is 0 Å². The van der Waals surface area contributed by atoms with E-state index in [1.165, 1.54) is 131 Å². The number of benzene rings is 11. The first-order valence-electron chi connectivity index (χ1n) is 26.1. The number of anilines is 6. The molecule has 0 aliphatic carbocycles. The van der Waals surface area contributed by atoms with E-state index in [2.05, 4.69) is 285 Å². The molecule has 0 bridgehead atoms. The van der Waals surface area contributed by atoms with Crippen LogP contribution in [0.5, 0.6) is 0 Å².